The Kier molecular flexibility index (Phi) is 5.43. The topological polar surface area (TPSA) is 58.4 Å². The molecule has 0 radical (unpaired) electrons. The van der Waals surface area contributed by atoms with Crippen molar-refractivity contribution < 1.29 is 4.79 Å². The SMILES string of the molecule is CN(CC(=O)Nc1ccc(Br)cc1Cl)C(CN)C1CC1. The van der Waals surface area contributed by atoms with Gasteiger partial charge in [-0.05, 0) is 44.0 Å². The number of nitrogens with zero attached hydrogens (tertiary/aromatic N) is 1. The fourth-order valence-corrected chi connectivity index (χ4v) is 3.06. The fourth-order valence-electron chi connectivity index (χ4n) is 2.34. The van der Waals surface area contributed by atoms with Crippen molar-refractivity contribution in [3.63, 3.8) is 0 Å². The molecule has 1 amide bonds. The predicted octanol–water partition coefficient (Wildman–Crippen LogP) is 2.71. The van der Waals surface area contributed by atoms with E-state index < -0.39 is 0 Å². The van der Waals surface area contributed by atoms with E-state index in [0.29, 0.717) is 35.8 Å². The minimum absolute atomic E-state index is 0.0733. The van der Waals surface area contributed by atoms with Crippen LogP contribution in [0.25, 0.3) is 0 Å². The van der Waals surface area contributed by atoms with Gasteiger partial charge in [-0.1, -0.05) is 27.5 Å². The van der Waals surface area contributed by atoms with E-state index in [1.807, 2.05) is 18.0 Å². The number of hydrogen-bond acceptors (Lipinski definition) is 3. The van der Waals surface area contributed by atoms with Crippen molar-refractivity contribution >= 4 is 39.1 Å². The van der Waals surface area contributed by atoms with E-state index in [9.17, 15) is 4.79 Å². The quantitative estimate of drug-likeness (QED) is 0.820. The molecule has 110 valence electrons. The molecule has 0 saturated heterocycles. The van der Waals surface area contributed by atoms with Gasteiger partial charge in [0.1, 0.15) is 0 Å². The van der Waals surface area contributed by atoms with E-state index in [2.05, 4.69) is 21.2 Å². The summed E-state index contributed by atoms with van der Waals surface area (Å²) in [6.07, 6.45) is 2.43. The molecule has 1 unspecified atom stereocenters. The molecule has 0 bridgehead atoms. The first-order valence-corrected chi connectivity index (χ1v) is 7.83. The highest BCUT2D eigenvalue weighted by atomic mass is 79.9. The maximum Gasteiger partial charge on any atom is 0.238 e. The van der Waals surface area contributed by atoms with Crippen molar-refractivity contribution in [2.24, 2.45) is 11.7 Å². The number of hydrogen-bond donors (Lipinski definition) is 2. The average Bonchev–Trinajstić information content (AvgIpc) is 3.18. The first kappa shape index (κ1) is 15.8. The molecule has 1 aliphatic carbocycles. The van der Waals surface area contributed by atoms with Gasteiger partial charge in [-0.2, -0.15) is 0 Å². The molecule has 1 aromatic carbocycles. The lowest BCUT2D eigenvalue weighted by molar-refractivity contribution is -0.117. The zero-order valence-corrected chi connectivity index (χ0v) is 13.7. The molecule has 1 aliphatic rings. The minimum Gasteiger partial charge on any atom is -0.329 e. The van der Waals surface area contributed by atoms with Gasteiger partial charge in [0.05, 0.1) is 17.3 Å². The molecule has 1 saturated carbocycles. The van der Waals surface area contributed by atoms with Crippen LogP contribution in [0.2, 0.25) is 5.02 Å². The van der Waals surface area contributed by atoms with Crippen molar-refractivity contribution in [2.45, 2.75) is 18.9 Å². The Hall–Kier alpha value is -0.620. The van der Waals surface area contributed by atoms with Crippen molar-refractivity contribution in [3.05, 3.63) is 27.7 Å². The summed E-state index contributed by atoms with van der Waals surface area (Å²) in [6.45, 7) is 0.915. The minimum atomic E-state index is -0.0733. The Bertz CT molecular complexity index is 493. The molecule has 4 nitrogen and oxygen atoms in total. The lowest BCUT2D eigenvalue weighted by Gasteiger charge is -2.26. The zero-order chi connectivity index (χ0) is 14.7. The maximum atomic E-state index is 12.1. The van der Waals surface area contributed by atoms with E-state index in [1.54, 1.807) is 12.1 Å². The number of carbonyl (C=O) groups excluding carboxylic acids is 1. The Morgan fingerprint density at radius 3 is 2.85 bits per heavy atom. The van der Waals surface area contributed by atoms with Gasteiger partial charge in [0.2, 0.25) is 5.91 Å². The number of likely N-dealkylation sites (N-methyl/N-ethyl adjacent to an activating group) is 1. The number of anilines is 1. The molecule has 0 aliphatic heterocycles. The summed E-state index contributed by atoms with van der Waals surface area (Å²) in [7, 11) is 1.94. The summed E-state index contributed by atoms with van der Waals surface area (Å²) in [5.41, 5.74) is 6.41. The predicted molar refractivity (Wildman–Crippen MR) is 86.0 cm³/mol. The van der Waals surface area contributed by atoms with Crippen molar-refractivity contribution in [1.29, 1.82) is 0 Å². The monoisotopic (exact) mass is 359 g/mol. The molecule has 2 rings (SSSR count). The van der Waals surface area contributed by atoms with Crippen molar-refractivity contribution in [3.8, 4) is 0 Å². The molecule has 1 atom stereocenters. The lowest BCUT2D eigenvalue weighted by Crippen LogP contribution is -2.43. The van der Waals surface area contributed by atoms with Gasteiger partial charge in [-0.25, -0.2) is 0 Å². The van der Waals surface area contributed by atoms with Crippen LogP contribution in [-0.4, -0.2) is 37.0 Å². The van der Waals surface area contributed by atoms with Gasteiger partial charge < -0.3 is 11.1 Å². The van der Waals surface area contributed by atoms with Crippen LogP contribution >= 0.6 is 27.5 Å². The summed E-state index contributed by atoms with van der Waals surface area (Å²) in [5.74, 6) is 0.574. The van der Waals surface area contributed by atoms with Crippen LogP contribution < -0.4 is 11.1 Å². The Morgan fingerprint density at radius 1 is 1.60 bits per heavy atom. The summed E-state index contributed by atoms with van der Waals surface area (Å²) >= 11 is 9.42. The highest BCUT2D eigenvalue weighted by Gasteiger charge is 2.33. The van der Waals surface area contributed by atoms with Gasteiger partial charge >= 0.3 is 0 Å². The summed E-state index contributed by atoms with van der Waals surface area (Å²) < 4.78 is 0.884. The van der Waals surface area contributed by atoms with Crippen LogP contribution in [0.5, 0.6) is 0 Å². The highest BCUT2D eigenvalue weighted by Crippen LogP contribution is 2.34. The van der Waals surface area contributed by atoms with E-state index in [0.717, 1.165) is 4.47 Å². The molecule has 0 heterocycles. The first-order valence-electron chi connectivity index (χ1n) is 6.66. The largest absolute Gasteiger partial charge is 0.329 e. The number of nitrogens with two attached hydrogens (primary N) is 1. The third kappa shape index (κ3) is 4.19. The molecule has 1 fully saturated rings. The van der Waals surface area contributed by atoms with Gasteiger partial charge in [0.25, 0.3) is 0 Å². The molecule has 0 spiro atoms. The van der Waals surface area contributed by atoms with E-state index in [4.69, 9.17) is 17.3 Å². The molecule has 20 heavy (non-hydrogen) atoms. The number of nitrogens with one attached hydrogen (secondary N) is 1. The normalized spacial score (nSPS) is 16.2. The van der Waals surface area contributed by atoms with Gasteiger partial charge in [0.15, 0.2) is 0 Å². The second-order valence-electron chi connectivity index (χ2n) is 5.23. The molecule has 3 N–H and O–H groups in total. The Morgan fingerprint density at radius 2 is 2.30 bits per heavy atom. The highest BCUT2D eigenvalue weighted by molar-refractivity contribution is 9.10. The molecule has 1 aromatic rings. The van der Waals surface area contributed by atoms with Crippen molar-refractivity contribution in [1.82, 2.24) is 4.90 Å². The Balaban J connectivity index is 1.91. The number of rotatable bonds is 6. The first-order chi connectivity index (χ1) is 9.51. The number of benzene rings is 1. The van der Waals surface area contributed by atoms with Gasteiger partial charge in [0, 0.05) is 17.1 Å². The molecule has 0 aromatic heterocycles. The maximum absolute atomic E-state index is 12.1. The third-order valence-electron chi connectivity index (χ3n) is 3.57. The van der Waals surface area contributed by atoms with Crippen LogP contribution in [0, 0.1) is 5.92 Å². The average molecular weight is 361 g/mol. The summed E-state index contributed by atoms with van der Waals surface area (Å²) in [4.78, 5) is 14.1. The van der Waals surface area contributed by atoms with Gasteiger partial charge in [-0.15, -0.1) is 0 Å². The van der Waals surface area contributed by atoms with E-state index >= 15 is 0 Å². The zero-order valence-electron chi connectivity index (χ0n) is 11.4. The van der Waals surface area contributed by atoms with Crippen molar-refractivity contribution in [2.75, 3.05) is 25.5 Å². The molecule has 6 heteroatoms. The molecular weight excluding hydrogens is 342 g/mol. The standard InChI is InChI=1S/C14H19BrClN3O/c1-19(13(7-17)9-2-3-9)8-14(20)18-12-5-4-10(15)6-11(12)16/h4-6,9,13H,2-3,7-8,17H2,1H3,(H,18,20). The third-order valence-corrected chi connectivity index (χ3v) is 4.38. The molecular formula is C14H19BrClN3O. The summed E-state index contributed by atoms with van der Waals surface area (Å²) in [5, 5.41) is 3.35. The fraction of sp³-hybridized carbons (Fsp3) is 0.500. The number of halogens is 2. The van der Waals surface area contributed by atoms with Crippen LogP contribution in [0.15, 0.2) is 22.7 Å². The van der Waals surface area contributed by atoms with Crippen LogP contribution in [0.4, 0.5) is 5.69 Å². The number of carbonyl (C=O) groups is 1. The van der Waals surface area contributed by atoms with Crippen LogP contribution in [-0.2, 0) is 4.79 Å². The number of amides is 1. The van der Waals surface area contributed by atoms with Crippen LogP contribution in [0.3, 0.4) is 0 Å². The Labute approximate surface area is 132 Å². The van der Waals surface area contributed by atoms with E-state index in [-0.39, 0.29) is 5.91 Å². The van der Waals surface area contributed by atoms with Gasteiger partial charge in [-0.3, -0.25) is 9.69 Å². The second-order valence-corrected chi connectivity index (χ2v) is 6.55. The van der Waals surface area contributed by atoms with E-state index in [1.165, 1.54) is 12.8 Å². The smallest absolute Gasteiger partial charge is 0.238 e. The summed E-state index contributed by atoms with van der Waals surface area (Å²) in [6, 6.07) is 5.68. The van der Waals surface area contributed by atoms with Crippen LogP contribution in [0.1, 0.15) is 12.8 Å². The lowest BCUT2D eigenvalue weighted by atomic mass is 10.1. The second kappa shape index (κ2) is 6.89.